The van der Waals surface area contributed by atoms with Crippen LogP contribution < -0.4 is 14.8 Å². The van der Waals surface area contributed by atoms with E-state index in [1.165, 1.54) is 0 Å². The Kier molecular flexibility index (Phi) is 12.0. The Bertz CT molecular complexity index is 744. The van der Waals surface area contributed by atoms with Crippen LogP contribution in [0.25, 0.3) is 0 Å². The van der Waals surface area contributed by atoms with Crippen molar-refractivity contribution in [2.24, 2.45) is 0 Å². The van der Waals surface area contributed by atoms with Gasteiger partial charge in [0.25, 0.3) is 0 Å². The van der Waals surface area contributed by atoms with Crippen molar-refractivity contribution < 1.29 is 14.2 Å². The number of halogens is 4. The molecule has 0 saturated carbocycles. The predicted molar refractivity (Wildman–Crippen MR) is 119 cm³/mol. The minimum absolute atomic E-state index is 0. The van der Waals surface area contributed by atoms with Crippen molar-refractivity contribution in [2.45, 2.75) is 26.5 Å². The molecule has 156 valence electrons. The second kappa shape index (κ2) is 13.4. The molecule has 0 aliphatic rings. The molecule has 0 radical (unpaired) electrons. The second-order valence-corrected chi connectivity index (χ2v) is 7.11. The maximum absolute atomic E-state index is 6.42. The van der Waals surface area contributed by atoms with Crippen molar-refractivity contribution in [2.75, 3.05) is 26.9 Å². The fraction of sp³-hybridized carbons (Fsp3) is 0.400. The monoisotopic (exact) mass is 467 g/mol. The Hall–Kier alpha value is -0.880. The summed E-state index contributed by atoms with van der Waals surface area (Å²) in [6.07, 6.45) is 0.960. The summed E-state index contributed by atoms with van der Waals surface area (Å²) in [6.45, 7) is 5.31. The van der Waals surface area contributed by atoms with Crippen LogP contribution in [0.2, 0.25) is 15.1 Å². The van der Waals surface area contributed by atoms with Gasteiger partial charge in [-0.2, -0.15) is 0 Å². The van der Waals surface area contributed by atoms with Crippen molar-refractivity contribution in [3.05, 3.63) is 56.5 Å². The van der Waals surface area contributed by atoms with Gasteiger partial charge in [-0.15, -0.1) is 12.4 Å². The molecule has 0 heterocycles. The van der Waals surface area contributed by atoms with Gasteiger partial charge in [-0.1, -0.05) is 40.9 Å². The van der Waals surface area contributed by atoms with E-state index in [2.05, 4.69) is 5.32 Å². The predicted octanol–water partition coefficient (Wildman–Crippen LogP) is 6.17. The van der Waals surface area contributed by atoms with Gasteiger partial charge in [0.05, 0.1) is 12.1 Å². The van der Waals surface area contributed by atoms with E-state index in [-0.39, 0.29) is 19.0 Å². The minimum atomic E-state index is 0. The van der Waals surface area contributed by atoms with Crippen molar-refractivity contribution >= 4 is 47.2 Å². The van der Waals surface area contributed by atoms with Gasteiger partial charge >= 0.3 is 0 Å². The average molecular weight is 469 g/mol. The van der Waals surface area contributed by atoms with Crippen LogP contribution >= 0.6 is 47.2 Å². The van der Waals surface area contributed by atoms with Crippen LogP contribution in [0.4, 0.5) is 0 Å². The van der Waals surface area contributed by atoms with Gasteiger partial charge in [0.1, 0.15) is 6.61 Å². The molecular formula is C20H25Cl4NO3. The molecule has 0 saturated heterocycles. The quantitative estimate of drug-likeness (QED) is 0.400. The standard InChI is InChI=1S/C20H24Cl3NO3.ClH/c1-3-26-8-4-7-24-12-14-9-18(23)20(19(10-14)25-2)27-13-15-5-6-16(21)11-17(15)22;/h5-6,9-11,24H,3-4,7-8,12-13H2,1-2H3;1H. The maximum Gasteiger partial charge on any atom is 0.180 e. The van der Waals surface area contributed by atoms with E-state index >= 15 is 0 Å². The summed E-state index contributed by atoms with van der Waals surface area (Å²) in [6, 6.07) is 9.07. The van der Waals surface area contributed by atoms with Gasteiger partial charge in [-0.05, 0) is 49.7 Å². The molecule has 0 fully saturated rings. The molecule has 2 aromatic carbocycles. The summed E-state index contributed by atoms with van der Waals surface area (Å²) in [5, 5.41) is 4.98. The summed E-state index contributed by atoms with van der Waals surface area (Å²) in [7, 11) is 1.59. The molecule has 2 aromatic rings. The Morgan fingerprint density at radius 1 is 1.04 bits per heavy atom. The number of ether oxygens (including phenoxy) is 3. The smallest absolute Gasteiger partial charge is 0.180 e. The van der Waals surface area contributed by atoms with Gasteiger partial charge in [0.2, 0.25) is 0 Å². The topological polar surface area (TPSA) is 39.7 Å². The van der Waals surface area contributed by atoms with Crippen LogP contribution in [-0.4, -0.2) is 26.9 Å². The lowest BCUT2D eigenvalue weighted by Crippen LogP contribution is -2.16. The van der Waals surface area contributed by atoms with Gasteiger partial charge in [0.15, 0.2) is 11.5 Å². The van der Waals surface area contributed by atoms with Crippen LogP contribution in [-0.2, 0) is 17.9 Å². The maximum atomic E-state index is 6.42. The van der Waals surface area contributed by atoms with Crippen molar-refractivity contribution in [3.8, 4) is 11.5 Å². The number of methoxy groups -OCH3 is 1. The van der Waals surface area contributed by atoms with E-state index in [1.54, 1.807) is 19.2 Å². The van der Waals surface area contributed by atoms with Crippen LogP contribution in [0.5, 0.6) is 11.5 Å². The summed E-state index contributed by atoms with van der Waals surface area (Å²) in [5.41, 5.74) is 1.84. The first-order valence-electron chi connectivity index (χ1n) is 8.76. The largest absolute Gasteiger partial charge is 0.493 e. The zero-order valence-corrected chi connectivity index (χ0v) is 19.0. The number of nitrogens with one attached hydrogen (secondary N) is 1. The number of benzene rings is 2. The van der Waals surface area contributed by atoms with E-state index in [4.69, 9.17) is 49.0 Å². The molecule has 0 aromatic heterocycles. The second-order valence-electron chi connectivity index (χ2n) is 5.86. The molecule has 0 bridgehead atoms. The van der Waals surface area contributed by atoms with Gasteiger partial charge in [-0.3, -0.25) is 0 Å². The normalized spacial score (nSPS) is 10.5. The molecule has 0 aliphatic heterocycles. The van der Waals surface area contributed by atoms with Crippen molar-refractivity contribution in [3.63, 3.8) is 0 Å². The van der Waals surface area contributed by atoms with Gasteiger partial charge < -0.3 is 19.5 Å². The molecule has 1 N–H and O–H groups in total. The SMILES string of the molecule is CCOCCCNCc1cc(Cl)c(OCc2ccc(Cl)cc2Cl)c(OC)c1.Cl. The van der Waals surface area contributed by atoms with Crippen LogP contribution in [0.1, 0.15) is 24.5 Å². The molecule has 28 heavy (non-hydrogen) atoms. The first-order chi connectivity index (χ1) is 13.0. The summed E-state index contributed by atoms with van der Waals surface area (Å²) in [5.74, 6) is 1.07. The van der Waals surface area contributed by atoms with E-state index in [9.17, 15) is 0 Å². The molecule has 8 heteroatoms. The molecule has 0 aliphatic carbocycles. The zero-order valence-electron chi connectivity index (χ0n) is 15.9. The van der Waals surface area contributed by atoms with Gasteiger partial charge in [0, 0.05) is 35.4 Å². The van der Waals surface area contributed by atoms with E-state index in [0.29, 0.717) is 33.1 Å². The lowest BCUT2D eigenvalue weighted by Gasteiger charge is -2.15. The summed E-state index contributed by atoms with van der Waals surface area (Å²) >= 11 is 18.5. The third kappa shape index (κ3) is 7.86. The highest BCUT2D eigenvalue weighted by Crippen LogP contribution is 2.37. The van der Waals surface area contributed by atoms with Gasteiger partial charge in [-0.25, -0.2) is 0 Å². The Morgan fingerprint density at radius 2 is 1.82 bits per heavy atom. The molecular weight excluding hydrogens is 444 g/mol. The average Bonchev–Trinajstić information content (AvgIpc) is 2.64. The van der Waals surface area contributed by atoms with E-state index in [0.717, 1.165) is 37.3 Å². The van der Waals surface area contributed by atoms with Crippen LogP contribution in [0, 0.1) is 0 Å². The molecule has 0 spiro atoms. The van der Waals surface area contributed by atoms with Crippen molar-refractivity contribution in [1.29, 1.82) is 0 Å². The third-order valence-electron chi connectivity index (χ3n) is 3.85. The van der Waals surface area contributed by atoms with Crippen LogP contribution in [0.3, 0.4) is 0 Å². The zero-order chi connectivity index (χ0) is 19.6. The molecule has 0 amide bonds. The van der Waals surface area contributed by atoms with Crippen LogP contribution in [0.15, 0.2) is 30.3 Å². The first kappa shape index (κ1) is 25.2. The molecule has 2 rings (SSSR count). The lowest BCUT2D eigenvalue weighted by molar-refractivity contribution is 0.144. The Balaban J connectivity index is 0.00000392. The summed E-state index contributed by atoms with van der Waals surface area (Å²) in [4.78, 5) is 0. The van der Waals surface area contributed by atoms with E-state index < -0.39 is 0 Å². The lowest BCUT2D eigenvalue weighted by atomic mass is 10.2. The highest BCUT2D eigenvalue weighted by Gasteiger charge is 2.13. The Morgan fingerprint density at radius 3 is 2.50 bits per heavy atom. The highest BCUT2D eigenvalue weighted by molar-refractivity contribution is 6.35. The first-order valence-corrected chi connectivity index (χ1v) is 9.90. The van der Waals surface area contributed by atoms with Crippen molar-refractivity contribution in [1.82, 2.24) is 5.32 Å². The molecule has 0 unspecified atom stereocenters. The minimum Gasteiger partial charge on any atom is -0.493 e. The fourth-order valence-corrected chi connectivity index (χ4v) is 3.23. The fourth-order valence-electron chi connectivity index (χ4n) is 2.48. The molecule has 4 nitrogen and oxygen atoms in total. The summed E-state index contributed by atoms with van der Waals surface area (Å²) < 4.78 is 16.6. The Labute approximate surface area is 187 Å². The third-order valence-corrected chi connectivity index (χ3v) is 4.72. The van der Waals surface area contributed by atoms with E-state index in [1.807, 2.05) is 25.1 Å². The number of hydrogen-bond acceptors (Lipinski definition) is 4. The number of rotatable bonds is 11. The number of hydrogen-bond donors (Lipinski definition) is 1. The highest BCUT2D eigenvalue weighted by atomic mass is 35.5. The molecule has 0 atom stereocenters.